The number of carbonyl (C=O) groups is 2. The summed E-state index contributed by atoms with van der Waals surface area (Å²) in [5.74, 6) is -0.345. The molecule has 0 unspecified atom stereocenters. The van der Waals surface area contributed by atoms with Crippen LogP contribution in [-0.2, 0) is 27.4 Å². The first-order chi connectivity index (χ1) is 14.9. The highest BCUT2D eigenvalue weighted by Gasteiger charge is 2.15. The third kappa shape index (κ3) is 11.0. The lowest BCUT2D eigenvalue weighted by Crippen LogP contribution is -2.12. The number of ether oxygens (including phenoxy) is 2. The lowest BCUT2D eigenvalue weighted by atomic mass is 9.99. The largest absolute Gasteiger partial charge is 0.457 e. The van der Waals surface area contributed by atoms with Crippen molar-refractivity contribution < 1.29 is 19.1 Å². The van der Waals surface area contributed by atoms with Crippen LogP contribution in [0.25, 0.3) is 0 Å². The highest BCUT2D eigenvalue weighted by Crippen LogP contribution is 2.27. The molecular weight excluding hydrogens is 388 g/mol. The number of esters is 2. The molecule has 4 heteroatoms. The van der Waals surface area contributed by atoms with Crippen molar-refractivity contribution in [1.29, 1.82) is 0 Å². The first kappa shape index (κ1) is 26.7. The molecule has 1 rings (SSSR count). The molecule has 0 aromatic heterocycles. The average molecular weight is 429 g/mol. The molecule has 0 aliphatic carbocycles. The highest BCUT2D eigenvalue weighted by atomic mass is 16.5. The van der Waals surface area contributed by atoms with Gasteiger partial charge in [0.15, 0.2) is 0 Å². The maximum absolute atomic E-state index is 12.1. The Hall–Kier alpha value is -2.36. The van der Waals surface area contributed by atoms with Crippen LogP contribution in [0.15, 0.2) is 42.5 Å². The van der Waals surface area contributed by atoms with Crippen LogP contribution in [0, 0.1) is 0 Å². The lowest BCUT2D eigenvalue weighted by Gasteiger charge is -2.15. The quantitative estimate of drug-likeness (QED) is 0.120. The second kappa shape index (κ2) is 15.4. The summed E-state index contributed by atoms with van der Waals surface area (Å²) in [6.45, 7) is 12.9. The molecule has 172 valence electrons. The van der Waals surface area contributed by atoms with E-state index in [1.807, 2.05) is 12.1 Å². The molecule has 0 heterocycles. The SMILES string of the molecule is C=C(C)C(=O)OCc1cccc(OC(=O)C(=C)C)c1CCCCCCCCCCCC. The van der Waals surface area contributed by atoms with Gasteiger partial charge in [0, 0.05) is 16.7 Å². The summed E-state index contributed by atoms with van der Waals surface area (Å²) in [6, 6.07) is 5.51. The Bertz CT molecular complexity index is 733. The molecule has 31 heavy (non-hydrogen) atoms. The van der Waals surface area contributed by atoms with E-state index in [9.17, 15) is 9.59 Å². The van der Waals surface area contributed by atoms with Gasteiger partial charge in [0.1, 0.15) is 12.4 Å². The van der Waals surface area contributed by atoms with Crippen molar-refractivity contribution in [3.05, 3.63) is 53.6 Å². The smallest absolute Gasteiger partial charge is 0.338 e. The molecule has 0 radical (unpaired) electrons. The van der Waals surface area contributed by atoms with Gasteiger partial charge >= 0.3 is 11.9 Å². The molecule has 0 amide bonds. The number of unbranched alkanes of at least 4 members (excludes halogenated alkanes) is 9. The minimum atomic E-state index is -0.444. The van der Waals surface area contributed by atoms with Crippen LogP contribution in [0.1, 0.15) is 96.1 Å². The van der Waals surface area contributed by atoms with Gasteiger partial charge in [0.05, 0.1) is 0 Å². The number of rotatable bonds is 16. The minimum Gasteiger partial charge on any atom is -0.457 e. The van der Waals surface area contributed by atoms with Crippen molar-refractivity contribution in [1.82, 2.24) is 0 Å². The third-order valence-corrected chi connectivity index (χ3v) is 5.27. The zero-order valence-electron chi connectivity index (χ0n) is 19.8. The van der Waals surface area contributed by atoms with E-state index in [4.69, 9.17) is 9.47 Å². The summed E-state index contributed by atoms with van der Waals surface area (Å²) < 4.78 is 10.9. The molecule has 4 nitrogen and oxygen atoms in total. The number of hydrogen-bond donors (Lipinski definition) is 0. The Kier molecular flexibility index (Phi) is 13.3. The number of benzene rings is 1. The molecule has 0 saturated carbocycles. The summed E-state index contributed by atoms with van der Waals surface area (Å²) in [5, 5.41) is 0. The van der Waals surface area contributed by atoms with Crippen molar-refractivity contribution in [3.8, 4) is 5.75 Å². The molecule has 0 N–H and O–H groups in total. The predicted molar refractivity (Wildman–Crippen MR) is 127 cm³/mol. The van der Waals surface area contributed by atoms with E-state index < -0.39 is 11.9 Å². The Morgan fingerprint density at radius 3 is 1.90 bits per heavy atom. The fourth-order valence-electron chi connectivity index (χ4n) is 3.37. The van der Waals surface area contributed by atoms with Gasteiger partial charge in [-0.05, 0) is 38.3 Å². The molecule has 0 atom stereocenters. The van der Waals surface area contributed by atoms with Crippen LogP contribution in [0.2, 0.25) is 0 Å². The first-order valence-corrected chi connectivity index (χ1v) is 11.7. The topological polar surface area (TPSA) is 52.6 Å². The molecule has 0 spiro atoms. The zero-order valence-corrected chi connectivity index (χ0v) is 19.8. The van der Waals surface area contributed by atoms with Gasteiger partial charge in [0.2, 0.25) is 0 Å². The summed E-state index contributed by atoms with van der Waals surface area (Å²) in [6.07, 6.45) is 13.4. The fourth-order valence-corrected chi connectivity index (χ4v) is 3.37. The van der Waals surface area contributed by atoms with Gasteiger partial charge in [-0.3, -0.25) is 0 Å². The summed E-state index contributed by atoms with van der Waals surface area (Å²) in [5.41, 5.74) is 2.49. The Morgan fingerprint density at radius 2 is 1.35 bits per heavy atom. The third-order valence-electron chi connectivity index (χ3n) is 5.27. The Balaban J connectivity index is 2.64. The molecular formula is C27H40O4. The second-order valence-corrected chi connectivity index (χ2v) is 8.35. The average Bonchev–Trinajstić information content (AvgIpc) is 2.74. The van der Waals surface area contributed by atoms with Crippen molar-refractivity contribution in [2.24, 2.45) is 0 Å². The van der Waals surface area contributed by atoms with E-state index in [2.05, 4.69) is 20.1 Å². The zero-order chi connectivity index (χ0) is 23.1. The molecule has 0 aliphatic rings. The van der Waals surface area contributed by atoms with E-state index in [0.717, 1.165) is 30.4 Å². The maximum Gasteiger partial charge on any atom is 0.338 e. The molecule has 1 aromatic rings. The van der Waals surface area contributed by atoms with Gasteiger partial charge in [-0.25, -0.2) is 9.59 Å². The van der Waals surface area contributed by atoms with Crippen LogP contribution in [-0.4, -0.2) is 11.9 Å². The number of hydrogen-bond acceptors (Lipinski definition) is 4. The fraction of sp³-hybridized carbons (Fsp3) is 0.556. The standard InChI is InChI=1S/C27H40O4/c1-6-7-8-9-10-11-12-13-14-15-18-24-23(20-30-26(28)21(2)3)17-16-19-25(24)31-27(29)22(4)5/h16-17,19H,2,4,6-15,18,20H2,1,3,5H3. The van der Waals surface area contributed by atoms with Crippen molar-refractivity contribution >= 4 is 11.9 Å². The van der Waals surface area contributed by atoms with Crippen molar-refractivity contribution in [2.45, 2.75) is 98.0 Å². The second-order valence-electron chi connectivity index (χ2n) is 8.35. The van der Waals surface area contributed by atoms with E-state index in [0.29, 0.717) is 16.9 Å². The van der Waals surface area contributed by atoms with Gasteiger partial charge in [-0.2, -0.15) is 0 Å². The van der Waals surface area contributed by atoms with Gasteiger partial charge < -0.3 is 9.47 Å². The normalized spacial score (nSPS) is 10.5. The Labute approximate surface area is 188 Å². The Morgan fingerprint density at radius 1 is 0.806 bits per heavy atom. The van der Waals surface area contributed by atoms with E-state index in [1.54, 1.807) is 19.9 Å². The van der Waals surface area contributed by atoms with Crippen molar-refractivity contribution in [3.63, 3.8) is 0 Å². The van der Waals surface area contributed by atoms with E-state index in [1.165, 1.54) is 51.4 Å². The van der Waals surface area contributed by atoms with Crippen LogP contribution in [0.3, 0.4) is 0 Å². The van der Waals surface area contributed by atoms with Crippen LogP contribution in [0.4, 0.5) is 0 Å². The lowest BCUT2D eigenvalue weighted by molar-refractivity contribution is -0.140. The summed E-state index contributed by atoms with van der Waals surface area (Å²) in [7, 11) is 0. The van der Waals surface area contributed by atoms with Gasteiger partial charge in [-0.15, -0.1) is 0 Å². The van der Waals surface area contributed by atoms with Crippen LogP contribution in [0.5, 0.6) is 5.75 Å². The van der Waals surface area contributed by atoms with Crippen LogP contribution >= 0.6 is 0 Å². The minimum absolute atomic E-state index is 0.136. The summed E-state index contributed by atoms with van der Waals surface area (Å²) >= 11 is 0. The molecule has 0 saturated heterocycles. The number of carbonyl (C=O) groups excluding carboxylic acids is 2. The van der Waals surface area contributed by atoms with Crippen LogP contribution < -0.4 is 4.74 Å². The summed E-state index contributed by atoms with van der Waals surface area (Å²) in [4.78, 5) is 23.9. The first-order valence-electron chi connectivity index (χ1n) is 11.7. The van der Waals surface area contributed by atoms with E-state index in [-0.39, 0.29) is 6.61 Å². The monoisotopic (exact) mass is 428 g/mol. The maximum atomic E-state index is 12.1. The van der Waals surface area contributed by atoms with E-state index >= 15 is 0 Å². The molecule has 0 bridgehead atoms. The van der Waals surface area contributed by atoms with Gasteiger partial charge in [0.25, 0.3) is 0 Å². The molecule has 0 fully saturated rings. The predicted octanol–water partition coefficient (Wildman–Crippen LogP) is 7.25. The molecule has 1 aromatic carbocycles. The molecule has 0 aliphatic heterocycles. The van der Waals surface area contributed by atoms with Gasteiger partial charge in [-0.1, -0.05) is 90.0 Å². The highest BCUT2D eigenvalue weighted by molar-refractivity contribution is 5.89. The van der Waals surface area contributed by atoms with Crippen molar-refractivity contribution in [2.75, 3.05) is 0 Å².